The molecule has 5 nitrogen and oxygen atoms in total. The van der Waals surface area contributed by atoms with Crippen LogP contribution < -0.4 is 5.32 Å². The van der Waals surface area contributed by atoms with E-state index in [1.54, 1.807) is 24.3 Å². The smallest absolute Gasteiger partial charge is 0.335 e. The summed E-state index contributed by atoms with van der Waals surface area (Å²) in [5.41, 5.74) is 2.45. The van der Waals surface area contributed by atoms with E-state index in [0.717, 1.165) is 31.5 Å². The van der Waals surface area contributed by atoms with Gasteiger partial charge in [-0.2, -0.15) is 0 Å². The van der Waals surface area contributed by atoms with Crippen LogP contribution in [0.3, 0.4) is 0 Å². The van der Waals surface area contributed by atoms with Crippen molar-refractivity contribution in [2.24, 2.45) is 5.92 Å². The Kier molecular flexibility index (Phi) is 5.33. The number of rotatable bonds is 5. The lowest BCUT2D eigenvalue weighted by Gasteiger charge is -2.17. The summed E-state index contributed by atoms with van der Waals surface area (Å²) >= 11 is 0. The van der Waals surface area contributed by atoms with Crippen LogP contribution in [0.5, 0.6) is 0 Å². The maximum Gasteiger partial charge on any atom is 0.335 e. The fourth-order valence-corrected chi connectivity index (χ4v) is 3.19. The molecule has 0 aliphatic carbocycles. The zero-order valence-corrected chi connectivity index (χ0v) is 14.0. The third-order valence-corrected chi connectivity index (χ3v) is 4.58. The molecule has 1 atom stereocenters. The van der Waals surface area contributed by atoms with Crippen LogP contribution >= 0.6 is 0 Å². The zero-order valence-electron chi connectivity index (χ0n) is 14.0. The molecule has 2 N–H and O–H groups in total. The van der Waals surface area contributed by atoms with Crippen molar-refractivity contribution in [2.75, 3.05) is 13.1 Å². The number of carboxylic acids is 1. The highest BCUT2D eigenvalue weighted by atomic mass is 16.4. The number of aromatic carboxylic acids is 1. The molecule has 1 fully saturated rings. The van der Waals surface area contributed by atoms with Gasteiger partial charge in [0.25, 0.3) is 0 Å². The van der Waals surface area contributed by atoms with E-state index in [-0.39, 0.29) is 11.6 Å². The van der Waals surface area contributed by atoms with Gasteiger partial charge in [0.05, 0.1) is 5.56 Å². The molecule has 1 aliphatic rings. The van der Waals surface area contributed by atoms with E-state index >= 15 is 0 Å². The highest BCUT2D eigenvalue weighted by molar-refractivity contribution is 5.87. The van der Waals surface area contributed by atoms with Crippen molar-refractivity contribution >= 4 is 12.0 Å². The van der Waals surface area contributed by atoms with Gasteiger partial charge in [-0.05, 0) is 42.0 Å². The number of urea groups is 1. The lowest BCUT2D eigenvalue weighted by molar-refractivity contribution is 0.0697. The summed E-state index contributed by atoms with van der Waals surface area (Å²) in [7, 11) is 0. The Morgan fingerprint density at radius 1 is 1.04 bits per heavy atom. The van der Waals surface area contributed by atoms with Gasteiger partial charge in [-0.15, -0.1) is 0 Å². The van der Waals surface area contributed by atoms with E-state index in [0.29, 0.717) is 12.5 Å². The number of carboxylic acid groups (broad SMARTS) is 1. The molecule has 25 heavy (non-hydrogen) atoms. The monoisotopic (exact) mass is 338 g/mol. The molecule has 2 aromatic carbocycles. The van der Waals surface area contributed by atoms with E-state index in [9.17, 15) is 9.59 Å². The first kappa shape index (κ1) is 17.0. The lowest BCUT2D eigenvalue weighted by atomic mass is 9.99. The number of likely N-dealkylation sites (tertiary alicyclic amines) is 1. The maximum atomic E-state index is 12.3. The molecular weight excluding hydrogens is 316 g/mol. The van der Waals surface area contributed by atoms with Gasteiger partial charge in [0, 0.05) is 19.6 Å². The molecule has 1 saturated heterocycles. The summed E-state index contributed by atoms with van der Waals surface area (Å²) in [6.45, 7) is 1.96. The predicted octanol–water partition coefficient (Wildman–Crippen LogP) is 3.16. The van der Waals surface area contributed by atoms with Gasteiger partial charge in [-0.1, -0.05) is 42.5 Å². The third-order valence-electron chi connectivity index (χ3n) is 4.58. The highest BCUT2D eigenvalue weighted by Gasteiger charge is 2.26. The molecule has 3 rings (SSSR count). The topological polar surface area (TPSA) is 69.6 Å². The Morgan fingerprint density at radius 3 is 2.44 bits per heavy atom. The van der Waals surface area contributed by atoms with Crippen molar-refractivity contribution in [1.29, 1.82) is 0 Å². The van der Waals surface area contributed by atoms with Crippen molar-refractivity contribution in [1.82, 2.24) is 10.2 Å². The van der Waals surface area contributed by atoms with Crippen LogP contribution in [-0.4, -0.2) is 35.1 Å². The molecule has 1 aliphatic heterocycles. The second kappa shape index (κ2) is 7.83. The fourth-order valence-electron chi connectivity index (χ4n) is 3.19. The molecule has 0 spiro atoms. The van der Waals surface area contributed by atoms with E-state index in [1.807, 2.05) is 23.1 Å². The SMILES string of the molecule is O=C(O)c1ccc(CNC(=O)N2CCC(Cc3ccccc3)C2)cc1. The van der Waals surface area contributed by atoms with Crippen molar-refractivity contribution in [3.8, 4) is 0 Å². The van der Waals surface area contributed by atoms with Crippen LogP contribution in [0.1, 0.15) is 27.9 Å². The van der Waals surface area contributed by atoms with Gasteiger partial charge in [-0.25, -0.2) is 9.59 Å². The maximum absolute atomic E-state index is 12.3. The average molecular weight is 338 g/mol. The van der Waals surface area contributed by atoms with E-state index in [2.05, 4.69) is 17.4 Å². The summed E-state index contributed by atoms with van der Waals surface area (Å²) in [4.78, 5) is 25.0. The average Bonchev–Trinajstić information content (AvgIpc) is 3.09. The molecular formula is C20H22N2O3. The van der Waals surface area contributed by atoms with E-state index < -0.39 is 5.97 Å². The summed E-state index contributed by atoms with van der Waals surface area (Å²) in [6.07, 6.45) is 2.02. The Balaban J connectivity index is 1.46. The third kappa shape index (κ3) is 4.59. The lowest BCUT2D eigenvalue weighted by Crippen LogP contribution is -2.38. The molecule has 0 aromatic heterocycles. The van der Waals surface area contributed by atoms with Gasteiger partial charge in [0.15, 0.2) is 0 Å². The second-order valence-electron chi connectivity index (χ2n) is 6.45. The summed E-state index contributed by atoms with van der Waals surface area (Å²) in [5, 5.41) is 11.8. The molecule has 0 bridgehead atoms. The number of hydrogen-bond donors (Lipinski definition) is 2. The Hall–Kier alpha value is -2.82. The fraction of sp³-hybridized carbons (Fsp3) is 0.300. The van der Waals surface area contributed by atoms with E-state index in [4.69, 9.17) is 5.11 Å². The van der Waals surface area contributed by atoms with Crippen LogP contribution in [-0.2, 0) is 13.0 Å². The highest BCUT2D eigenvalue weighted by Crippen LogP contribution is 2.20. The molecule has 1 unspecified atom stereocenters. The zero-order chi connectivity index (χ0) is 17.6. The predicted molar refractivity (Wildman–Crippen MR) is 95.5 cm³/mol. The van der Waals surface area contributed by atoms with Gasteiger partial charge >= 0.3 is 12.0 Å². The molecule has 130 valence electrons. The van der Waals surface area contributed by atoms with Gasteiger partial charge < -0.3 is 15.3 Å². The number of carbonyl (C=O) groups excluding carboxylic acids is 1. The van der Waals surface area contributed by atoms with Crippen molar-refractivity contribution < 1.29 is 14.7 Å². The quantitative estimate of drug-likeness (QED) is 0.880. The minimum absolute atomic E-state index is 0.0575. The number of benzene rings is 2. The van der Waals surface area contributed by atoms with Crippen LogP contribution in [0.15, 0.2) is 54.6 Å². The Morgan fingerprint density at radius 2 is 1.76 bits per heavy atom. The first-order valence-electron chi connectivity index (χ1n) is 8.51. The summed E-state index contributed by atoms with van der Waals surface area (Å²) in [5.74, 6) is -0.444. The first-order valence-corrected chi connectivity index (χ1v) is 8.51. The van der Waals surface area contributed by atoms with Gasteiger partial charge in [0.1, 0.15) is 0 Å². The van der Waals surface area contributed by atoms with Crippen LogP contribution in [0.25, 0.3) is 0 Å². The molecule has 5 heteroatoms. The molecule has 0 saturated carbocycles. The van der Waals surface area contributed by atoms with Crippen LogP contribution in [0.2, 0.25) is 0 Å². The van der Waals surface area contributed by atoms with Gasteiger partial charge in [0.2, 0.25) is 0 Å². The van der Waals surface area contributed by atoms with Crippen LogP contribution in [0, 0.1) is 5.92 Å². The van der Waals surface area contributed by atoms with Crippen molar-refractivity contribution in [3.63, 3.8) is 0 Å². The first-order chi connectivity index (χ1) is 12.1. The minimum Gasteiger partial charge on any atom is -0.478 e. The molecule has 0 radical (unpaired) electrons. The minimum atomic E-state index is -0.947. The van der Waals surface area contributed by atoms with Crippen molar-refractivity contribution in [3.05, 3.63) is 71.3 Å². The van der Waals surface area contributed by atoms with Crippen molar-refractivity contribution in [2.45, 2.75) is 19.4 Å². The molecule has 2 aromatic rings. The Bertz CT molecular complexity index is 728. The number of amides is 2. The molecule has 2 amide bonds. The van der Waals surface area contributed by atoms with Gasteiger partial charge in [-0.3, -0.25) is 0 Å². The number of nitrogens with zero attached hydrogens (tertiary/aromatic N) is 1. The Labute approximate surface area is 147 Å². The largest absolute Gasteiger partial charge is 0.478 e. The second-order valence-corrected chi connectivity index (χ2v) is 6.45. The normalized spacial score (nSPS) is 16.6. The number of carbonyl (C=O) groups is 2. The summed E-state index contributed by atoms with van der Waals surface area (Å²) in [6, 6.07) is 16.9. The van der Waals surface area contributed by atoms with E-state index in [1.165, 1.54) is 5.56 Å². The standard InChI is InChI=1S/C20H22N2O3/c23-19(24)18-8-6-16(7-9-18)13-21-20(25)22-11-10-17(14-22)12-15-4-2-1-3-5-15/h1-9,17H,10-14H2,(H,21,25)(H,23,24). The number of nitrogens with one attached hydrogen (secondary N) is 1. The summed E-state index contributed by atoms with van der Waals surface area (Å²) < 4.78 is 0. The number of hydrogen-bond acceptors (Lipinski definition) is 2. The van der Waals surface area contributed by atoms with Crippen LogP contribution in [0.4, 0.5) is 4.79 Å². The molecule has 1 heterocycles.